The number of ether oxygens (including phenoxy) is 1. The SMILES string of the molecule is COc1ccc(-c2cn3c(N)c(-c4ccccc4C)nc3c3ccccc23)cc1. The lowest BCUT2D eigenvalue weighted by molar-refractivity contribution is 0.415. The molecule has 142 valence electrons. The van der Waals surface area contributed by atoms with Crippen LogP contribution in [0, 0.1) is 6.92 Å². The number of hydrogen-bond acceptors (Lipinski definition) is 3. The number of nitrogens with two attached hydrogens (primary N) is 1. The number of rotatable bonds is 3. The molecule has 4 heteroatoms. The van der Waals surface area contributed by atoms with E-state index in [9.17, 15) is 0 Å². The van der Waals surface area contributed by atoms with Crippen molar-refractivity contribution < 1.29 is 4.74 Å². The third kappa shape index (κ3) is 2.72. The number of nitrogens with zero attached hydrogens (tertiary/aromatic N) is 2. The highest BCUT2D eigenvalue weighted by Crippen LogP contribution is 2.36. The van der Waals surface area contributed by atoms with Crippen molar-refractivity contribution >= 4 is 22.2 Å². The van der Waals surface area contributed by atoms with E-state index < -0.39 is 0 Å². The van der Waals surface area contributed by atoms with Crippen LogP contribution in [0.2, 0.25) is 0 Å². The van der Waals surface area contributed by atoms with Gasteiger partial charge in [-0.15, -0.1) is 0 Å². The van der Waals surface area contributed by atoms with Crippen LogP contribution in [0.15, 0.2) is 79.0 Å². The van der Waals surface area contributed by atoms with Crippen molar-refractivity contribution in [2.24, 2.45) is 0 Å². The van der Waals surface area contributed by atoms with Crippen molar-refractivity contribution in [3.8, 4) is 28.1 Å². The number of hydrogen-bond donors (Lipinski definition) is 1. The average Bonchev–Trinajstić information content (AvgIpc) is 3.10. The van der Waals surface area contributed by atoms with Gasteiger partial charge < -0.3 is 10.5 Å². The molecular weight excluding hydrogens is 358 g/mol. The van der Waals surface area contributed by atoms with E-state index >= 15 is 0 Å². The van der Waals surface area contributed by atoms with Crippen LogP contribution in [-0.2, 0) is 0 Å². The number of nitrogen functional groups attached to an aromatic ring is 1. The molecule has 0 saturated heterocycles. The van der Waals surface area contributed by atoms with E-state index in [-0.39, 0.29) is 0 Å². The van der Waals surface area contributed by atoms with Gasteiger partial charge in [0.15, 0.2) is 0 Å². The second-order valence-electron chi connectivity index (χ2n) is 7.17. The van der Waals surface area contributed by atoms with Crippen LogP contribution in [0.1, 0.15) is 5.56 Å². The molecule has 0 aliphatic heterocycles. The quantitative estimate of drug-likeness (QED) is 0.436. The Morgan fingerprint density at radius 3 is 2.24 bits per heavy atom. The number of imidazole rings is 1. The zero-order chi connectivity index (χ0) is 20.0. The molecule has 0 saturated carbocycles. The molecule has 0 aliphatic rings. The van der Waals surface area contributed by atoms with Crippen LogP contribution in [-0.4, -0.2) is 16.5 Å². The molecule has 0 aliphatic carbocycles. The minimum Gasteiger partial charge on any atom is -0.497 e. The summed E-state index contributed by atoms with van der Waals surface area (Å²) < 4.78 is 7.31. The summed E-state index contributed by atoms with van der Waals surface area (Å²) >= 11 is 0. The van der Waals surface area contributed by atoms with Gasteiger partial charge in [0.1, 0.15) is 22.9 Å². The zero-order valence-corrected chi connectivity index (χ0v) is 16.4. The van der Waals surface area contributed by atoms with Gasteiger partial charge in [-0.3, -0.25) is 4.40 Å². The van der Waals surface area contributed by atoms with Gasteiger partial charge in [0, 0.05) is 22.7 Å². The maximum absolute atomic E-state index is 6.60. The molecule has 2 aromatic heterocycles. The number of aromatic nitrogens is 2. The van der Waals surface area contributed by atoms with Gasteiger partial charge >= 0.3 is 0 Å². The Labute approximate surface area is 169 Å². The third-order valence-corrected chi connectivity index (χ3v) is 5.47. The minimum absolute atomic E-state index is 0.648. The number of benzene rings is 3. The molecule has 0 fully saturated rings. The normalized spacial score (nSPS) is 11.2. The Balaban J connectivity index is 1.83. The first-order valence-corrected chi connectivity index (χ1v) is 9.57. The number of pyridine rings is 1. The van der Waals surface area contributed by atoms with Crippen LogP contribution in [0.3, 0.4) is 0 Å². The largest absolute Gasteiger partial charge is 0.497 e. The fourth-order valence-electron chi connectivity index (χ4n) is 3.91. The first-order chi connectivity index (χ1) is 14.2. The molecule has 5 aromatic rings. The van der Waals surface area contributed by atoms with E-state index in [0.29, 0.717) is 5.82 Å². The topological polar surface area (TPSA) is 52.5 Å². The molecule has 2 heterocycles. The molecule has 0 amide bonds. The van der Waals surface area contributed by atoms with Gasteiger partial charge in [0.05, 0.1) is 7.11 Å². The van der Waals surface area contributed by atoms with Crippen LogP contribution in [0.25, 0.3) is 38.8 Å². The van der Waals surface area contributed by atoms with Gasteiger partial charge in [-0.05, 0) is 35.6 Å². The van der Waals surface area contributed by atoms with E-state index in [1.54, 1.807) is 7.11 Å². The lowest BCUT2D eigenvalue weighted by Crippen LogP contribution is -1.96. The van der Waals surface area contributed by atoms with Gasteiger partial charge in [0.2, 0.25) is 0 Å². The van der Waals surface area contributed by atoms with E-state index in [4.69, 9.17) is 15.5 Å². The predicted molar refractivity (Wildman–Crippen MR) is 119 cm³/mol. The number of anilines is 1. The number of methoxy groups -OCH3 is 1. The van der Waals surface area contributed by atoms with Crippen LogP contribution in [0.4, 0.5) is 5.82 Å². The molecule has 0 unspecified atom stereocenters. The van der Waals surface area contributed by atoms with Crippen molar-refractivity contribution in [3.63, 3.8) is 0 Å². The number of aryl methyl sites for hydroxylation is 1. The third-order valence-electron chi connectivity index (χ3n) is 5.47. The van der Waals surface area contributed by atoms with Crippen molar-refractivity contribution in [2.75, 3.05) is 12.8 Å². The predicted octanol–water partition coefficient (Wildman–Crippen LogP) is 5.72. The Morgan fingerprint density at radius 1 is 0.828 bits per heavy atom. The summed E-state index contributed by atoms with van der Waals surface area (Å²) in [5.41, 5.74) is 12.7. The van der Waals surface area contributed by atoms with Gasteiger partial charge in [-0.2, -0.15) is 0 Å². The van der Waals surface area contributed by atoms with Crippen molar-refractivity contribution in [1.29, 1.82) is 0 Å². The molecule has 0 radical (unpaired) electrons. The van der Waals surface area contributed by atoms with E-state index in [0.717, 1.165) is 50.1 Å². The molecule has 3 aromatic carbocycles. The van der Waals surface area contributed by atoms with Crippen LogP contribution in [0.5, 0.6) is 5.75 Å². The fraction of sp³-hybridized carbons (Fsp3) is 0.0800. The summed E-state index contributed by atoms with van der Waals surface area (Å²) in [6, 6.07) is 24.6. The average molecular weight is 379 g/mol. The molecule has 0 bridgehead atoms. The maximum atomic E-state index is 6.60. The molecule has 4 nitrogen and oxygen atoms in total. The maximum Gasteiger partial charge on any atom is 0.147 e. The Morgan fingerprint density at radius 2 is 1.52 bits per heavy atom. The van der Waals surface area contributed by atoms with Crippen molar-refractivity contribution in [3.05, 3.63) is 84.6 Å². The standard InChI is InChI=1S/C25H21N3O/c1-16-7-3-4-8-19(16)23-24(26)28-15-22(17-11-13-18(29-2)14-12-17)20-9-5-6-10-21(20)25(28)27-23/h3-15H,26H2,1-2H3. The van der Waals surface area contributed by atoms with Gasteiger partial charge in [0.25, 0.3) is 0 Å². The first kappa shape index (κ1) is 17.3. The summed E-state index contributed by atoms with van der Waals surface area (Å²) in [5.74, 6) is 1.48. The van der Waals surface area contributed by atoms with Crippen molar-refractivity contribution in [2.45, 2.75) is 6.92 Å². The van der Waals surface area contributed by atoms with Crippen LogP contribution < -0.4 is 10.5 Å². The summed E-state index contributed by atoms with van der Waals surface area (Å²) in [5, 5.41) is 2.22. The minimum atomic E-state index is 0.648. The Kier molecular flexibility index (Phi) is 3.98. The zero-order valence-electron chi connectivity index (χ0n) is 16.4. The first-order valence-electron chi connectivity index (χ1n) is 9.57. The second kappa shape index (κ2) is 6.67. The molecule has 2 N–H and O–H groups in total. The monoisotopic (exact) mass is 379 g/mol. The highest BCUT2D eigenvalue weighted by Gasteiger charge is 2.17. The van der Waals surface area contributed by atoms with E-state index in [1.807, 2.05) is 34.7 Å². The molecule has 0 atom stereocenters. The molecular formula is C25H21N3O. The van der Waals surface area contributed by atoms with Crippen LogP contribution >= 0.6 is 0 Å². The van der Waals surface area contributed by atoms with E-state index in [2.05, 4.69) is 55.6 Å². The van der Waals surface area contributed by atoms with Crippen molar-refractivity contribution in [1.82, 2.24) is 9.38 Å². The summed E-state index contributed by atoms with van der Waals surface area (Å²) in [4.78, 5) is 4.95. The number of fused-ring (bicyclic) bond motifs is 3. The Bertz CT molecular complexity index is 1350. The van der Waals surface area contributed by atoms with E-state index in [1.165, 1.54) is 0 Å². The van der Waals surface area contributed by atoms with Gasteiger partial charge in [-0.1, -0.05) is 60.7 Å². The van der Waals surface area contributed by atoms with Gasteiger partial charge in [-0.25, -0.2) is 4.98 Å². The molecule has 5 rings (SSSR count). The highest BCUT2D eigenvalue weighted by atomic mass is 16.5. The summed E-state index contributed by atoms with van der Waals surface area (Å²) in [7, 11) is 1.68. The fourth-order valence-corrected chi connectivity index (χ4v) is 3.91. The molecule has 0 spiro atoms. The molecule has 29 heavy (non-hydrogen) atoms. The summed E-state index contributed by atoms with van der Waals surface area (Å²) in [6.07, 6.45) is 2.09. The lowest BCUT2D eigenvalue weighted by Gasteiger charge is -2.10. The summed E-state index contributed by atoms with van der Waals surface area (Å²) in [6.45, 7) is 2.08. The Hall–Kier alpha value is -3.79. The second-order valence-corrected chi connectivity index (χ2v) is 7.17. The smallest absolute Gasteiger partial charge is 0.147 e. The highest BCUT2D eigenvalue weighted by molar-refractivity contribution is 6.04. The lowest BCUT2D eigenvalue weighted by atomic mass is 10.0.